The van der Waals surface area contributed by atoms with Crippen LogP contribution in [0.3, 0.4) is 0 Å². The highest BCUT2D eigenvalue weighted by atomic mass is 32.2. The lowest BCUT2D eigenvalue weighted by Crippen LogP contribution is -2.29. The zero-order chi connectivity index (χ0) is 17.2. The summed E-state index contributed by atoms with van der Waals surface area (Å²) in [5.74, 6) is 0.239. The fourth-order valence-electron chi connectivity index (χ4n) is 2.83. The molecule has 8 heteroatoms. The average Bonchev–Trinajstić information content (AvgIpc) is 3.30. The molecule has 0 radical (unpaired) electrons. The fraction of sp³-hybridized carbons (Fsp3) is 0.294. The van der Waals surface area contributed by atoms with Crippen molar-refractivity contribution in [3.8, 4) is 11.3 Å². The van der Waals surface area contributed by atoms with Crippen molar-refractivity contribution in [3.05, 3.63) is 36.4 Å². The smallest absolute Gasteiger partial charge is 0.232 e. The second-order valence-electron chi connectivity index (χ2n) is 5.77. The molecule has 128 valence electrons. The Labute approximate surface area is 152 Å². The molecule has 3 aromatic rings. The Morgan fingerprint density at radius 1 is 1.20 bits per heavy atom. The minimum absolute atomic E-state index is 0.150. The lowest BCUT2D eigenvalue weighted by atomic mass is 10.1. The van der Waals surface area contributed by atoms with Gasteiger partial charge in [0.25, 0.3) is 0 Å². The molecule has 0 spiro atoms. The standard InChI is InChI=1S/C17H15FN4OS2/c18-12-5-3-11(4-6-12)14-15-16(25-21-14)17(20-10-19-15)24-9-13(23)22-7-1-2-8-22/h3-6,10H,1-2,7-9H2. The van der Waals surface area contributed by atoms with Crippen LogP contribution in [0, 0.1) is 5.82 Å². The normalized spacial score (nSPS) is 14.4. The number of aromatic nitrogens is 3. The number of halogens is 1. The van der Waals surface area contributed by atoms with Crippen molar-refractivity contribution in [2.24, 2.45) is 0 Å². The number of hydrogen-bond acceptors (Lipinski definition) is 6. The summed E-state index contributed by atoms with van der Waals surface area (Å²) in [5, 5.41) is 0.767. The number of thioether (sulfide) groups is 1. The topological polar surface area (TPSA) is 59.0 Å². The molecule has 0 aliphatic carbocycles. The first kappa shape index (κ1) is 16.4. The van der Waals surface area contributed by atoms with Crippen LogP contribution in [0.15, 0.2) is 35.6 Å². The van der Waals surface area contributed by atoms with Crippen molar-refractivity contribution in [1.29, 1.82) is 0 Å². The van der Waals surface area contributed by atoms with Crippen LogP contribution >= 0.6 is 23.3 Å². The molecule has 3 heterocycles. The molecule has 0 bridgehead atoms. The van der Waals surface area contributed by atoms with Crippen LogP contribution < -0.4 is 0 Å². The highest BCUT2D eigenvalue weighted by Gasteiger charge is 2.20. The van der Waals surface area contributed by atoms with Gasteiger partial charge in [0.05, 0.1) is 5.75 Å². The van der Waals surface area contributed by atoms with Gasteiger partial charge in [-0.2, -0.15) is 4.37 Å². The molecule has 1 aromatic carbocycles. The van der Waals surface area contributed by atoms with E-state index in [0.717, 1.165) is 52.4 Å². The molecule has 25 heavy (non-hydrogen) atoms. The van der Waals surface area contributed by atoms with E-state index in [1.165, 1.54) is 41.8 Å². The lowest BCUT2D eigenvalue weighted by Gasteiger charge is -2.14. The highest BCUT2D eigenvalue weighted by Crippen LogP contribution is 2.34. The monoisotopic (exact) mass is 374 g/mol. The molecular weight excluding hydrogens is 359 g/mol. The van der Waals surface area contributed by atoms with Crippen molar-refractivity contribution in [2.75, 3.05) is 18.8 Å². The van der Waals surface area contributed by atoms with Crippen LogP contribution in [0.2, 0.25) is 0 Å². The van der Waals surface area contributed by atoms with Crippen molar-refractivity contribution in [3.63, 3.8) is 0 Å². The fourth-order valence-corrected chi connectivity index (χ4v) is 4.65. The maximum Gasteiger partial charge on any atom is 0.232 e. The lowest BCUT2D eigenvalue weighted by molar-refractivity contribution is -0.127. The summed E-state index contributed by atoms with van der Waals surface area (Å²) in [6.07, 6.45) is 3.67. The summed E-state index contributed by atoms with van der Waals surface area (Å²) in [4.78, 5) is 22.8. The summed E-state index contributed by atoms with van der Waals surface area (Å²) in [5.41, 5.74) is 2.27. The number of rotatable bonds is 4. The van der Waals surface area contributed by atoms with Gasteiger partial charge in [0, 0.05) is 18.7 Å². The number of hydrogen-bond donors (Lipinski definition) is 0. The third-order valence-corrected chi connectivity index (χ3v) is 6.08. The van der Waals surface area contributed by atoms with Crippen LogP contribution in [0.25, 0.3) is 21.5 Å². The zero-order valence-electron chi connectivity index (χ0n) is 13.3. The predicted molar refractivity (Wildman–Crippen MR) is 97.1 cm³/mol. The van der Waals surface area contributed by atoms with Gasteiger partial charge in [-0.1, -0.05) is 11.8 Å². The molecular formula is C17H15FN4OS2. The maximum absolute atomic E-state index is 13.1. The number of fused-ring (bicyclic) bond motifs is 1. The van der Waals surface area contributed by atoms with E-state index in [9.17, 15) is 9.18 Å². The van der Waals surface area contributed by atoms with E-state index in [1.807, 2.05) is 4.90 Å². The third-order valence-electron chi connectivity index (χ3n) is 4.13. The van der Waals surface area contributed by atoms with Gasteiger partial charge < -0.3 is 4.90 Å². The Balaban J connectivity index is 1.58. The summed E-state index contributed by atoms with van der Waals surface area (Å²) >= 11 is 2.73. The number of likely N-dealkylation sites (tertiary alicyclic amines) is 1. The molecule has 0 saturated carbocycles. The summed E-state index contributed by atoms with van der Waals surface area (Å²) in [7, 11) is 0. The van der Waals surface area contributed by atoms with E-state index in [1.54, 1.807) is 12.1 Å². The second kappa shape index (κ2) is 7.05. The van der Waals surface area contributed by atoms with Gasteiger partial charge in [-0.25, -0.2) is 14.4 Å². The number of nitrogens with zero attached hydrogens (tertiary/aromatic N) is 4. The molecule has 2 aromatic heterocycles. The molecule has 5 nitrogen and oxygen atoms in total. The number of benzene rings is 1. The second-order valence-corrected chi connectivity index (χ2v) is 7.51. The van der Waals surface area contributed by atoms with Gasteiger partial charge in [-0.05, 0) is 48.6 Å². The number of carbonyl (C=O) groups excluding carboxylic acids is 1. The van der Waals surface area contributed by atoms with E-state index in [0.29, 0.717) is 5.75 Å². The van der Waals surface area contributed by atoms with Gasteiger partial charge in [0.2, 0.25) is 5.91 Å². The summed E-state index contributed by atoms with van der Waals surface area (Å²) < 4.78 is 18.5. The molecule has 1 fully saturated rings. The first-order valence-electron chi connectivity index (χ1n) is 7.99. The van der Waals surface area contributed by atoms with Gasteiger partial charge in [-0.3, -0.25) is 4.79 Å². The molecule has 0 N–H and O–H groups in total. The molecule has 1 aliphatic heterocycles. The maximum atomic E-state index is 13.1. The van der Waals surface area contributed by atoms with E-state index in [2.05, 4.69) is 14.3 Å². The summed E-state index contributed by atoms with van der Waals surface area (Å²) in [6, 6.07) is 6.20. The molecule has 4 rings (SSSR count). The van der Waals surface area contributed by atoms with Crippen molar-refractivity contribution in [1.82, 2.24) is 19.2 Å². The number of amides is 1. The Hall–Kier alpha value is -2.06. The Morgan fingerprint density at radius 3 is 2.72 bits per heavy atom. The Bertz CT molecular complexity index is 907. The average molecular weight is 374 g/mol. The minimum atomic E-state index is -0.283. The van der Waals surface area contributed by atoms with E-state index >= 15 is 0 Å². The van der Waals surface area contributed by atoms with Gasteiger partial charge in [0.1, 0.15) is 33.1 Å². The quantitative estimate of drug-likeness (QED) is 0.516. The van der Waals surface area contributed by atoms with Crippen LogP contribution in [-0.4, -0.2) is 44.0 Å². The first-order valence-corrected chi connectivity index (χ1v) is 9.75. The molecule has 0 unspecified atom stereocenters. The molecule has 0 atom stereocenters. The van der Waals surface area contributed by atoms with Crippen molar-refractivity contribution >= 4 is 39.4 Å². The third kappa shape index (κ3) is 3.36. The zero-order valence-corrected chi connectivity index (χ0v) is 14.9. The van der Waals surface area contributed by atoms with Gasteiger partial charge in [0.15, 0.2) is 0 Å². The van der Waals surface area contributed by atoms with Crippen LogP contribution in [0.1, 0.15) is 12.8 Å². The van der Waals surface area contributed by atoms with E-state index < -0.39 is 0 Å². The largest absolute Gasteiger partial charge is 0.342 e. The SMILES string of the molecule is O=C(CSc1ncnc2c(-c3ccc(F)cc3)nsc12)N1CCCC1. The Morgan fingerprint density at radius 2 is 1.96 bits per heavy atom. The van der Waals surface area contributed by atoms with E-state index in [-0.39, 0.29) is 11.7 Å². The van der Waals surface area contributed by atoms with Gasteiger partial charge >= 0.3 is 0 Å². The van der Waals surface area contributed by atoms with Crippen molar-refractivity contribution < 1.29 is 9.18 Å². The first-order chi connectivity index (χ1) is 12.2. The number of carbonyl (C=O) groups is 1. The minimum Gasteiger partial charge on any atom is -0.342 e. The van der Waals surface area contributed by atoms with Crippen LogP contribution in [-0.2, 0) is 4.79 Å². The molecule has 1 aliphatic rings. The van der Waals surface area contributed by atoms with E-state index in [4.69, 9.17) is 0 Å². The Kier molecular flexibility index (Phi) is 4.63. The predicted octanol–water partition coefficient (Wildman–Crippen LogP) is 3.61. The summed E-state index contributed by atoms with van der Waals surface area (Å²) in [6.45, 7) is 1.71. The van der Waals surface area contributed by atoms with Gasteiger partial charge in [-0.15, -0.1) is 0 Å². The molecule has 1 saturated heterocycles. The van der Waals surface area contributed by atoms with Crippen LogP contribution in [0.4, 0.5) is 4.39 Å². The molecule has 1 amide bonds. The van der Waals surface area contributed by atoms with Crippen LogP contribution in [0.5, 0.6) is 0 Å². The highest BCUT2D eigenvalue weighted by molar-refractivity contribution is 8.00. The van der Waals surface area contributed by atoms with Crippen molar-refractivity contribution in [2.45, 2.75) is 17.9 Å².